The van der Waals surface area contributed by atoms with Gasteiger partial charge in [0.25, 0.3) is 5.56 Å². The van der Waals surface area contributed by atoms with E-state index in [0.717, 1.165) is 27.9 Å². The monoisotopic (exact) mass is 407 g/mol. The Morgan fingerprint density at radius 3 is 2.41 bits per heavy atom. The lowest BCUT2D eigenvalue weighted by Gasteiger charge is -2.14. The van der Waals surface area contributed by atoms with Crippen molar-refractivity contribution >= 4 is 23.4 Å². The number of nitrogens with zero attached hydrogens (tertiary/aromatic N) is 2. The van der Waals surface area contributed by atoms with Crippen LogP contribution in [0.5, 0.6) is 0 Å². The molecule has 1 N–H and O–H groups in total. The molecule has 0 saturated carbocycles. The Labute approximate surface area is 175 Å². The maximum absolute atomic E-state index is 12.6. The van der Waals surface area contributed by atoms with Gasteiger partial charge in [0.2, 0.25) is 5.91 Å². The molecule has 1 aromatic heterocycles. The van der Waals surface area contributed by atoms with Gasteiger partial charge < -0.3 is 5.32 Å². The summed E-state index contributed by atoms with van der Waals surface area (Å²) in [6.07, 6.45) is 0. The van der Waals surface area contributed by atoms with Crippen LogP contribution in [0.2, 0.25) is 0 Å². The van der Waals surface area contributed by atoms with Gasteiger partial charge in [0.15, 0.2) is 0 Å². The van der Waals surface area contributed by atoms with Crippen molar-refractivity contribution in [2.75, 3.05) is 5.32 Å². The molecular weight excluding hydrogens is 382 g/mol. The number of carbonyl (C=O) groups excluding carboxylic acids is 1. The summed E-state index contributed by atoms with van der Waals surface area (Å²) < 4.78 is 1.38. The van der Waals surface area contributed by atoms with E-state index >= 15 is 0 Å². The lowest BCUT2D eigenvalue weighted by Crippen LogP contribution is -2.24. The van der Waals surface area contributed by atoms with E-state index < -0.39 is 0 Å². The highest BCUT2D eigenvalue weighted by Gasteiger charge is 2.17. The molecule has 2 aromatic carbocycles. The zero-order chi connectivity index (χ0) is 21.1. The first-order valence-corrected chi connectivity index (χ1v) is 10.4. The number of amides is 1. The minimum atomic E-state index is -0.367. The summed E-state index contributed by atoms with van der Waals surface area (Å²) >= 11 is 1.32. The Kier molecular flexibility index (Phi) is 6.23. The van der Waals surface area contributed by atoms with E-state index in [1.807, 2.05) is 71.0 Å². The average molecular weight is 408 g/mol. The quantitative estimate of drug-likeness (QED) is 0.629. The summed E-state index contributed by atoms with van der Waals surface area (Å²) in [6.45, 7) is 9.85. The first-order valence-electron chi connectivity index (χ1n) is 9.47. The van der Waals surface area contributed by atoms with Gasteiger partial charge in [0, 0.05) is 11.8 Å². The van der Waals surface area contributed by atoms with Gasteiger partial charge in [0.1, 0.15) is 5.03 Å². The van der Waals surface area contributed by atoms with Gasteiger partial charge in [-0.05, 0) is 75.6 Å². The summed E-state index contributed by atoms with van der Waals surface area (Å²) in [5.74, 6) is -0.104. The highest BCUT2D eigenvalue weighted by atomic mass is 32.2. The second kappa shape index (κ2) is 8.66. The van der Waals surface area contributed by atoms with Crippen LogP contribution in [0.4, 0.5) is 5.69 Å². The van der Waals surface area contributed by atoms with Gasteiger partial charge >= 0.3 is 0 Å². The van der Waals surface area contributed by atoms with E-state index in [-0.39, 0.29) is 16.7 Å². The molecule has 0 bridgehead atoms. The molecule has 0 aliphatic heterocycles. The van der Waals surface area contributed by atoms with Crippen LogP contribution in [0, 0.1) is 27.7 Å². The fourth-order valence-electron chi connectivity index (χ4n) is 2.92. The highest BCUT2D eigenvalue weighted by molar-refractivity contribution is 8.00. The van der Waals surface area contributed by atoms with E-state index in [0.29, 0.717) is 10.7 Å². The molecule has 0 aliphatic carbocycles. The van der Waals surface area contributed by atoms with Gasteiger partial charge in [-0.1, -0.05) is 35.5 Å². The first-order chi connectivity index (χ1) is 13.7. The van der Waals surface area contributed by atoms with E-state index in [4.69, 9.17) is 0 Å². The van der Waals surface area contributed by atoms with Crippen molar-refractivity contribution in [1.82, 2.24) is 9.78 Å². The molecule has 150 valence electrons. The molecule has 29 heavy (non-hydrogen) atoms. The van der Waals surface area contributed by atoms with Gasteiger partial charge in [-0.15, -0.1) is 0 Å². The maximum Gasteiger partial charge on any atom is 0.271 e. The third-order valence-electron chi connectivity index (χ3n) is 4.82. The fraction of sp³-hybridized carbons (Fsp3) is 0.261. The molecule has 1 atom stereocenters. The predicted octanol–water partition coefficient (Wildman–Crippen LogP) is 4.59. The lowest BCUT2D eigenvalue weighted by atomic mass is 10.1. The summed E-state index contributed by atoms with van der Waals surface area (Å²) in [5, 5.41) is 7.68. The molecule has 0 spiro atoms. The maximum atomic E-state index is 12.6. The van der Waals surface area contributed by atoms with Crippen LogP contribution in [0.25, 0.3) is 5.69 Å². The van der Waals surface area contributed by atoms with E-state index in [9.17, 15) is 9.59 Å². The third kappa shape index (κ3) is 4.95. The van der Waals surface area contributed by atoms with Crippen LogP contribution in [0.3, 0.4) is 0 Å². The van der Waals surface area contributed by atoms with Crippen LogP contribution in [0.15, 0.2) is 58.4 Å². The van der Waals surface area contributed by atoms with E-state index in [1.54, 1.807) is 6.07 Å². The average Bonchev–Trinajstić information content (AvgIpc) is 2.67. The summed E-state index contributed by atoms with van der Waals surface area (Å²) in [6, 6.07) is 14.9. The Bertz CT molecular complexity index is 1120. The zero-order valence-electron chi connectivity index (χ0n) is 17.3. The number of hydrogen-bond acceptors (Lipinski definition) is 4. The molecular formula is C23H25N3O2S. The second-order valence-electron chi connectivity index (χ2n) is 7.26. The minimum absolute atomic E-state index is 0.104. The zero-order valence-corrected chi connectivity index (χ0v) is 18.1. The fourth-order valence-corrected chi connectivity index (χ4v) is 3.73. The number of benzene rings is 2. The molecule has 6 heteroatoms. The number of nitrogens with one attached hydrogen (secondary N) is 1. The largest absolute Gasteiger partial charge is 0.325 e. The van der Waals surface area contributed by atoms with Crippen LogP contribution in [-0.2, 0) is 4.79 Å². The molecule has 1 heterocycles. The van der Waals surface area contributed by atoms with Crippen molar-refractivity contribution in [3.8, 4) is 5.69 Å². The smallest absolute Gasteiger partial charge is 0.271 e. The van der Waals surface area contributed by atoms with E-state index in [1.165, 1.54) is 22.5 Å². The van der Waals surface area contributed by atoms with Crippen LogP contribution < -0.4 is 10.9 Å². The molecule has 0 unspecified atom stereocenters. The molecule has 0 radical (unpaired) electrons. The van der Waals surface area contributed by atoms with Gasteiger partial charge in [-0.25, -0.2) is 0 Å². The van der Waals surface area contributed by atoms with Crippen molar-refractivity contribution in [3.63, 3.8) is 0 Å². The minimum Gasteiger partial charge on any atom is -0.325 e. The number of aromatic nitrogens is 2. The summed E-state index contributed by atoms with van der Waals surface area (Å²) in [4.78, 5) is 24.9. The SMILES string of the molecule is Cc1ccc(NC(=O)[C@@H](C)Sc2ccc(=O)n(-c3ccc(C)c(C)c3)n2)c(C)c1. The Balaban J connectivity index is 1.78. The topological polar surface area (TPSA) is 64.0 Å². The third-order valence-corrected chi connectivity index (χ3v) is 5.84. The normalized spacial score (nSPS) is 11.9. The molecule has 5 nitrogen and oxygen atoms in total. The number of rotatable bonds is 5. The van der Waals surface area contributed by atoms with Gasteiger partial charge in [-0.3, -0.25) is 9.59 Å². The van der Waals surface area contributed by atoms with E-state index in [2.05, 4.69) is 10.4 Å². The van der Waals surface area contributed by atoms with Gasteiger partial charge in [0.05, 0.1) is 10.9 Å². The van der Waals surface area contributed by atoms with Gasteiger partial charge in [-0.2, -0.15) is 9.78 Å². The Morgan fingerprint density at radius 1 is 0.966 bits per heavy atom. The van der Waals surface area contributed by atoms with Crippen molar-refractivity contribution in [2.45, 2.75) is 44.9 Å². The highest BCUT2D eigenvalue weighted by Crippen LogP contribution is 2.23. The number of aryl methyl sites for hydroxylation is 4. The summed E-state index contributed by atoms with van der Waals surface area (Å²) in [5.41, 5.74) is 5.75. The molecule has 3 aromatic rings. The van der Waals surface area contributed by atoms with Crippen molar-refractivity contribution in [2.24, 2.45) is 0 Å². The van der Waals surface area contributed by atoms with Crippen LogP contribution >= 0.6 is 11.8 Å². The number of anilines is 1. The molecule has 3 rings (SSSR count). The number of carbonyl (C=O) groups is 1. The lowest BCUT2D eigenvalue weighted by molar-refractivity contribution is -0.115. The van der Waals surface area contributed by atoms with Crippen molar-refractivity contribution < 1.29 is 4.79 Å². The predicted molar refractivity (Wildman–Crippen MR) is 119 cm³/mol. The standard InChI is InChI=1S/C23H25N3O2S/c1-14-6-9-20(17(4)12-14)24-23(28)18(5)29-21-10-11-22(27)26(25-21)19-8-7-15(2)16(3)13-19/h6-13,18H,1-5H3,(H,24,28)/t18-/m1/s1. The molecule has 0 aliphatic rings. The Hall–Kier alpha value is -2.86. The number of thioether (sulfide) groups is 1. The molecule has 1 amide bonds. The molecule has 0 saturated heterocycles. The van der Waals surface area contributed by atoms with Crippen molar-refractivity contribution in [1.29, 1.82) is 0 Å². The van der Waals surface area contributed by atoms with Crippen molar-refractivity contribution in [3.05, 3.63) is 81.1 Å². The number of hydrogen-bond donors (Lipinski definition) is 1. The van der Waals surface area contributed by atoms with Crippen LogP contribution in [0.1, 0.15) is 29.2 Å². The van der Waals surface area contributed by atoms with Crippen LogP contribution in [-0.4, -0.2) is 20.9 Å². The molecule has 0 fully saturated rings. The first kappa shape index (κ1) is 20.9. The summed E-state index contributed by atoms with van der Waals surface area (Å²) in [7, 11) is 0. The Morgan fingerprint density at radius 2 is 1.72 bits per heavy atom. The second-order valence-corrected chi connectivity index (χ2v) is 8.62.